The molecule has 1 amide bonds. The van der Waals surface area contributed by atoms with Gasteiger partial charge in [0.15, 0.2) is 0 Å². The smallest absolute Gasteiger partial charge is 0.268 e. The lowest BCUT2D eigenvalue weighted by molar-refractivity contribution is -0.870. The van der Waals surface area contributed by atoms with Gasteiger partial charge in [-0.05, 0) is 44.9 Å². The highest BCUT2D eigenvalue weighted by molar-refractivity contribution is 7.45. The fourth-order valence-corrected chi connectivity index (χ4v) is 8.38. The van der Waals surface area contributed by atoms with Crippen LogP contribution < -0.4 is 10.2 Å². The molecule has 0 saturated carbocycles. The third-order valence-electron chi connectivity index (χ3n) is 11.8. The fourth-order valence-electron chi connectivity index (χ4n) is 7.66. The molecule has 0 spiro atoms. The van der Waals surface area contributed by atoms with Gasteiger partial charge in [-0.2, -0.15) is 0 Å². The van der Waals surface area contributed by atoms with Gasteiger partial charge in [-0.1, -0.05) is 230 Å². The summed E-state index contributed by atoms with van der Waals surface area (Å²) in [6.45, 7) is 4.59. The first kappa shape index (κ1) is 60.7. The lowest BCUT2D eigenvalue weighted by Crippen LogP contribution is -2.45. The number of rotatable bonds is 48. The number of phosphoric ester groups is 1. The van der Waals surface area contributed by atoms with E-state index in [-0.39, 0.29) is 12.5 Å². The fraction of sp³-hybridized carbons (Fsp3) is 0.868. The van der Waals surface area contributed by atoms with Gasteiger partial charge in [-0.25, -0.2) is 0 Å². The van der Waals surface area contributed by atoms with E-state index in [0.29, 0.717) is 17.4 Å². The molecule has 0 radical (unpaired) electrons. The lowest BCUT2D eigenvalue weighted by atomic mass is 10.0. The van der Waals surface area contributed by atoms with Crippen molar-refractivity contribution in [1.29, 1.82) is 0 Å². The van der Waals surface area contributed by atoms with E-state index in [2.05, 4.69) is 43.5 Å². The number of quaternary nitrogens is 1. The minimum Gasteiger partial charge on any atom is -0.756 e. The van der Waals surface area contributed by atoms with Gasteiger partial charge < -0.3 is 28.8 Å². The van der Waals surface area contributed by atoms with Crippen LogP contribution in [0.1, 0.15) is 245 Å². The molecule has 0 heterocycles. The van der Waals surface area contributed by atoms with Crippen LogP contribution in [-0.2, 0) is 18.4 Å². The molecule has 62 heavy (non-hydrogen) atoms. The third-order valence-corrected chi connectivity index (χ3v) is 12.8. The second-order valence-electron chi connectivity index (χ2n) is 19.2. The number of unbranched alkanes of at least 4 members (excludes halogenated alkanes) is 31. The average molecular weight is 895 g/mol. The molecule has 9 heteroatoms. The van der Waals surface area contributed by atoms with Crippen LogP contribution in [0, 0.1) is 0 Å². The van der Waals surface area contributed by atoms with E-state index in [1.807, 2.05) is 27.2 Å². The molecular formula is C53H103N2O6P. The summed E-state index contributed by atoms with van der Waals surface area (Å²) in [5, 5.41) is 13.7. The number of amides is 1. The van der Waals surface area contributed by atoms with E-state index in [1.165, 1.54) is 180 Å². The maximum atomic E-state index is 12.8. The van der Waals surface area contributed by atoms with Crippen LogP contribution >= 0.6 is 7.82 Å². The second-order valence-corrected chi connectivity index (χ2v) is 20.6. The Balaban J connectivity index is 4.07. The molecular weight excluding hydrogens is 792 g/mol. The molecule has 0 aromatic heterocycles. The van der Waals surface area contributed by atoms with E-state index in [0.717, 1.165) is 44.9 Å². The molecule has 3 unspecified atom stereocenters. The summed E-state index contributed by atoms with van der Waals surface area (Å²) in [6, 6.07) is -0.905. The van der Waals surface area contributed by atoms with Crippen molar-refractivity contribution in [2.45, 2.75) is 257 Å². The van der Waals surface area contributed by atoms with E-state index in [9.17, 15) is 19.4 Å². The number of nitrogens with zero attached hydrogens (tertiary/aromatic N) is 1. The minimum absolute atomic E-state index is 0.00822. The molecule has 0 aliphatic rings. The summed E-state index contributed by atoms with van der Waals surface area (Å²) < 4.78 is 23.1. The third kappa shape index (κ3) is 46.7. The van der Waals surface area contributed by atoms with Crippen LogP contribution in [0.25, 0.3) is 0 Å². The van der Waals surface area contributed by atoms with Crippen molar-refractivity contribution in [2.24, 2.45) is 0 Å². The van der Waals surface area contributed by atoms with Crippen LogP contribution in [0.2, 0.25) is 0 Å². The number of allylic oxidation sites excluding steroid dienone is 5. The first-order chi connectivity index (χ1) is 30.0. The van der Waals surface area contributed by atoms with Crippen molar-refractivity contribution >= 4 is 13.7 Å². The molecule has 2 N–H and O–H groups in total. The van der Waals surface area contributed by atoms with Crippen LogP contribution in [0.4, 0.5) is 0 Å². The van der Waals surface area contributed by atoms with Crippen LogP contribution in [-0.4, -0.2) is 68.5 Å². The van der Waals surface area contributed by atoms with Crippen molar-refractivity contribution in [1.82, 2.24) is 5.32 Å². The molecule has 366 valence electrons. The molecule has 3 atom stereocenters. The number of aliphatic hydroxyl groups is 1. The maximum Gasteiger partial charge on any atom is 0.268 e. The topological polar surface area (TPSA) is 108 Å². The first-order valence-corrected chi connectivity index (χ1v) is 27.8. The van der Waals surface area contributed by atoms with Crippen LogP contribution in [0.3, 0.4) is 0 Å². The predicted molar refractivity (Wildman–Crippen MR) is 265 cm³/mol. The van der Waals surface area contributed by atoms with Gasteiger partial charge in [0.1, 0.15) is 13.2 Å². The number of hydrogen-bond acceptors (Lipinski definition) is 6. The average Bonchev–Trinajstić information content (AvgIpc) is 3.23. The van der Waals surface area contributed by atoms with Gasteiger partial charge in [0.25, 0.3) is 7.82 Å². The molecule has 0 rings (SSSR count). The van der Waals surface area contributed by atoms with Crippen LogP contribution in [0.5, 0.6) is 0 Å². The number of nitrogens with one attached hydrogen (secondary N) is 1. The van der Waals surface area contributed by atoms with E-state index < -0.39 is 26.6 Å². The summed E-state index contributed by atoms with van der Waals surface area (Å²) in [6.07, 6.45) is 56.9. The SMILES string of the molecule is CCCCCCCCCCCCCCCCCCCCCCCC/C=C/CC/C=C/CC/C=C/C(O)C(COP(=O)([O-])OCC[N+](C)(C)C)NC(=O)CCCCCCCCCC. The van der Waals surface area contributed by atoms with Crippen molar-refractivity contribution < 1.29 is 32.9 Å². The van der Waals surface area contributed by atoms with Crippen molar-refractivity contribution in [3.63, 3.8) is 0 Å². The zero-order valence-electron chi connectivity index (χ0n) is 41.6. The Bertz CT molecular complexity index is 1110. The highest BCUT2D eigenvalue weighted by Crippen LogP contribution is 2.38. The monoisotopic (exact) mass is 895 g/mol. The number of phosphoric acid groups is 1. The molecule has 0 fully saturated rings. The summed E-state index contributed by atoms with van der Waals surface area (Å²) in [4.78, 5) is 25.2. The number of carbonyl (C=O) groups excluding carboxylic acids is 1. The van der Waals surface area contributed by atoms with Crippen molar-refractivity contribution in [2.75, 3.05) is 40.9 Å². The normalized spacial score (nSPS) is 14.4. The van der Waals surface area contributed by atoms with Gasteiger partial charge >= 0.3 is 0 Å². The largest absolute Gasteiger partial charge is 0.756 e. The van der Waals surface area contributed by atoms with E-state index in [1.54, 1.807) is 6.08 Å². The lowest BCUT2D eigenvalue weighted by Gasteiger charge is -2.29. The van der Waals surface area contributed by atoms with Gasteiger partial charge in [0.2, 0.25) is 5.91 Å². The Morgan fingerprint density at radius 1 is 0.548 bits per heavy atom. The summed E-state index contributed by atoms with van der Waals surface area (Å²) in [7, 11) is 1.24. The molecule has 0 aliphatic carbocycles. The van der Waals surface area contributed by atoms with E-state index >= 15 is 0 Å². The van der Waals surface area contributed by atoms with Crippen molar-refractivity contribution in [3.05, 3.63) is 36.5 Å². The summed E-state index contributed by atoms with van der Waals surface area (Å²) in [5.41, 5.74) is 0. The van der Waals surface area contributed by atoms with Gasteiger partial charge in [0, 0.05) is 6.42 Å². The minimum atomic E-state index is -4.59. The Morgan fingerprint density at radius 3 is 1.31 bits per heavy atom. The predicted octanol–water partition coefficient (Wildman–Crippen LogP) is 14.8. The van der Waals surface area contributed by atoms with E-state index in [4.69, 9.17) is 9.05 Å². The maximum absolute atomic E-state index is 12.8. The molecule has 0 aromatic carbocycles. The zero-order valence-corrected chi connectivity index (χ0v) is 42.5. The summed E-state index contributed by atoms with van der Waals surface area (Å²) >= 11 is 0. The quantitative estimate of drug-likeness (QED) is 0.0273. The molecule has 0 aliphatic heterocycles. The first-order valence-electron chi connectivity index (χ1n) is 26.4. The molecule has 0 aromatic rings. The Hall–Kier alpha value is -1.28. The molecule has 8 nitrogen and oxygen atoms in total. The summed E-state index contributed by atoms with van der Waals surface area (Å²) in [5.74, 6) is -0.216. The number of aliphatic hydroxyl groups excluding tert-OH is 1. The number of carbonyl (C=O) groups is 1. The van der Waals surface area contributed by atoms with Gasteiger partial charge in [0.05, 0.1) is 39.9 Å². The molecule has 0 bridgehead atoms. The highest BCUT2D eigenvalue weighted by atomic mass is 31.2. The van der Waals surface area contributed by atoms with Gasteiger partial charge in [-0.15, -0.1) is 0 Å². The number of likely N-dealkylation sites (N-methyl/N-ethyl adjacent to an activating group) is 1. The number of hydrogen-bond donors (Lipinski definition) is 2. The Kier molecular flexibility index (Phi) is 44.0. The highest BCUT2D eigenvalue weighted by Gasteiger charge is 2.23. The molecule has 0 saturated heterocycles. The standard InChI is InChI=1S/C53H103N2O6P/c1-6-8-10-12-14-16-17-18-19-20-21-22-23-24-25-26-27-28-29-30-31-32-33-34-35-36-37-38-39-40-42-44-46-52(56)51(50-61-62(58,59)60-49-48-55(3,4)5)54-53(57)47-45-43-41-15-13-11-9-7-2/h34-35,38-39,44,46,51-52,56H,6-33,36-37,40-43,45,47-50H2,1-5H3,(H-,54,57,58,59)/b35-34+,39-38+,46-44+. The Labute approximate surface area is 385 Å². The zero-order chi connectivity index (χ0) is 45.7. The van der Waals surface area contributed by atoms with Gasteiger partial charge in [-0.3, -0.25) is 9.36 Å². The Morgan fingerprint density at radius 2 is 0.903 bits per heavy atom. The second kappa shape index (κ2) is 44.9. The van der Waals surface area contributed by atoms with Crippen molar-refractivity contribution in [3.8, 4) is 0 Å². The van der Waals surface area contributed by atoms with Crippen LogP contribution in [0.15, 0.2) is 36.5 Å².